The van der Waals surface area contributed by atoms with Crippen molar-refractivity contribution in [2.75, 3.05) is 13.1 Å². The minimum Gasteiger partial charge on any atom is -0.481 e. The average molecular weight is 279 g/mol. The topological polar surface area (TPSA) is 40.5 Å². The summed E-state index contributed by atoms with van der Waals surface area (Å²) in [7, 11) is 0. The molecular formula is C16H22FNO2. The highest BCUT2D eigenvalue weighted by Crippen LogP contribution is 2.36. The molecule has 2 atom stereocenters. The molecule has 1 heterocycles. The first kappa shape index (κ1) is 15.0. The Labute approximate surface area is 119 Å². The number of carboxylic acids is 1. The van der Waals surface area contributed by atoms with Gasteiger partial charge in [-0.3, -0.25) is 9.69 Å². The Morgan fingerprint density at radius 2 is 2.20 bits per heavy atom. The molecule has 1 saturated heterocycles. The van der Waals surface area contributed by atoms with Crippen molar-refractivity contribution in [2.24, 2.45) is 5.41 Å². The Hall–Kier alpha value is -1.42. The van der Waals surface area contributed by atoms with Crippen molar-refractivity contribution in [3.8, 4) is 0 Å². The molecule has 2 unspecified atom stereocenters. The molecule has 1 fully saturated rings. The van der Waals surface area contributed by atoms with Crippen LogP contribution in [0.5, 0.6) is 0 Å². The molecule has 0 spiro atoms. The van der Waals surface area contributed by atoms with Gasteiger partial charge in [0.15, 0.2) is 0 Å². The number of aliphatic carboxylic acids is 1. The van der Waals surface area contributed by atoms with Crippen molar-refractivity contribution >= 4 is 5.97 Å². The zero-order valence-corrected chi connectivity index (χ0v) is 12.1. The quantitative estimate of drug-likeness (QED) is 0.917. The summed E-state index contributed by atoms with van der Waals surface area (Å²) < 4.78 is 14.0. The first-order valence-corrected chi connectivity index (χ1v) is 7.20. The molecule has 0 amide bonds. The molecule has 1 N–H and O–H groups in total. The lowest BCUT2D eigenvalue weighted by Crippen LogP contribution is -2.47. The number of benzene rings is 1. The zero-order valence-electron chi connectivity index (χ0n) is 12.1. The molecule has 4 heteroatoms. The lowest BCUT2D eigenvalue weighted by Gasteiger charge is -2.41. The minimum absolute atomic E-state index is 0.0461. The Balaban J connectivity index is 2.24. The molecule has 3 nitrogen and oxygen atoms in total. The number of carbonyl (C=O) groups is 1. The Kier molecular flexibility index (Phi) is 4.43. The second-order valence-corrected chi connectivity index (χ2v) is 5.89. The number of hydrogen-bond donors (Lipinski definition) is 1. The summed E-state index contributed by atoms with van der Waals surface area (Å²) in [5, 5.41) is 9.39. The van der Waals surface area contributed by atoms with Gasteiger partial charge in [-0.15, -0.1) is 0 Å². The monoisotopic (exact) mass is 279 g/mol. The molecule has 0 radical (unpaired) electrons. The number of piperidine rings is 1. The minimum atomic E-state index is -0.759. The third-order valence-corrected chi connectivity index (χ3v) is 4.33. The van der Waals surface area contributed by atoms with Crippen molar-refractivity contribution in [1.82, 2.24) is 4.90 Å². The summed E-state index contributed by atoms with van der Waals surface area (Å²) in [6, 6.07) is 6.74. The van der Waals surface area contributed by atoms with Crippen molar-refractivity contribution in [2.45, 2.75) is 39.2 Å². The van der Waals surface area contributed by atoms with Gasteiger partial charge in [0.1, 0.15) is 5.82 Å². The van der Waals surface area contributed by atoms with Gasteiger partial charge >= 0.3 is 5.97 Å². The third kappa shape index (κ3) is 2.85. The van der Waals surface area contributed by atoms with Gasteiger partial charge in [0.05, 0.1) is 5.41 Å². The van der Waals surface area contributed by atoms with E-state index in [-0.39, 0.29) is 11.9 Å². The number of carboxylic acid groups (broad SMARTS) is 1. The highest BCUT2D eigenvalue weighted by atomic mass is 19.1. The van der Waals surface area contributed by atoms with Gasteiger partial charge in [-0.25, -0.2) is 4.39 Å². The van der Waals surface area contributed by atoms with Gasteiger partial charge < -0.3 is 5.11 Å². The van der Waals surface area contributed by atoms with Gasteiger partial charge in [0.25, 0.3) is 0 Å². The van der Waals surface area contributed by atoms with E-state index in [1.165, 1.54) is 6.07 Å². The van der Waals surface area contributed by atoms with E-state index in [9.17, 15) is 14.3 Å². The van der Waals surface area contributed by atoms with Crippen LogP contribution in [-0.2, 0) is 4.79 Å². The van der Waals surface area contributed by atoms with Crippen LogP contribution in [0.3, 0.4) is 0 Å². The first-order chi connectivity index (χ1) is 9.48. The van der Waals surface area contributed by atoms with E-state index < -0.39 is 11.4 Å². The number of likely N-dealkylation sites (tertiary alicyclic amines) is 1. The normalized spacial score (nSPS) is 25.4. The number of hydrogen-bond acceptors (Lipinski definition) is 2. The van der Waals surface area contributed by atoms with E-state index in [1.807, 2.05) is 13.0 Å². The molecule has 0 aromatic heterocycles. The fraction of sp³-hybridized carbons (Fsp3) is 0.562. The van der Waals surface area contributed by atoms with Gasteiger partial charge in [-0.05, 0) is 38.8 Å². The molecular weight excluding hydrogens is 257 g/mol. The average Bonchev–Trinajstić information content (AvgIpc) is 2.42. The fourth-order valence-electron chi connectivity index (χ4n) is 3.14. The van der Waals surface area contributed by atoms with E-state index in [2.05, 4.69) is 4.90 Å². The first-order valence-electron chi connectivity index (χ1n) is 7.20. The highest BCUT2D eigenvalue weighted by Gasteiger charge is 2.40. The summed E-state index contributed by atoms with van der Waals surface area (Å²) in [4.78, 5) is 13.6. The molecule has 1 aliphatic rings. The van der Waals surface area contributed by atoms with Crippen LogP contribution in [0.1, 0.15) is 44.7 Å². The SMILES string of the molecule is CCC(c1ccccc1F)N1CCCC(C)(C(=O)O)C1. The Bertz CT molecular complexity index is 491. The van der Waals surface area contributed by atoms with Crippen molar-refractivity contribution < 1.29 is 14.3 Å². The maximum atomic E-state index is 14.0. The van der Waals surface area contributed by atoms with Crippen molar-refractivity contribution in [1.29, 1.82) is 0 Å². The van der Waals surface area contributed by atoms with Crippen LogP contribution in [0, 0.1) is 11.2 Å². The molecule has 20 heavy (non-hydrogen) atoms. The lowest BCUT2D eigenvalue weighted by atomic mass is 9.81. The molecule has 2 rings (SSSR count). The predicted octanol–water partition coefficient (Wildman–Crippen LogP) is 3.46. The van der Waals surface area contributed by atoms with Crippen LogP contribution in [0.2, 0.25) is 0 Å². The number of halogens is 1. The van der Waals surface area contributed by atoms with Gasteiger partial charge in [0.2, 0.25) is 0 Å². The van der Waals surface area contributed by atoms with E-state index in [1.54, 1.807) is 19.1 Å². The number of rotatable bonds is 4. The maximum Gasteiger partial charge on any atom is 0.310 e. The van der Waals surface area contributed by atoms with Crippen LogP contribution in [0.4, 0.5) is 4.39 Å². The van der Waals surface area contributed by atoms with Gasteiger partial charge in [-0.2, -0.15) is 0 Å². The molecule has 0 saturated carbocycles. The van der Waals surface area contributed by atoms with Gasteiger partial charge in [0, 0.05) is 18.2 Å². The zero-order chi connectivity index (χ0) is 14.8. The number of nitrogens with zero attached hydrogens (tertiary/aromatic N) is 1. The summed E-state index contributed by atoms with van der Waals surface area (Å²) in [6.45, 7) is 5.12. The van der Waals surface area contributed by atoms with E-state index in [4.69, 9.17) is 0 Å². The van der Waals surface area contributed by atoms with E-state index in [0.29, 0.717) is 18.5 Å². The Morgan fingerprint density at radius 1 is 1.50 bits per heavy atom. The smallest absolute Gasteiger partial charge is 0.310 e. The molecule has 1 aliphatic heterocycles. The highest BCUT2D eigenvalue weighted by molar-refractivity contribution is 5.74. The van der Waals surface area contributed by atoms with E-state index in [0.717, 1.165) is 19.4 Å². The summed E-state index contributed by atoms with van der Waals surface area (Å²) in [6.07, 6.45) is 2.30. The fourth-order valence-corrected chi connectivity index (χ4v) is 3.14. The molecule has 1 aromatic rings. The van der Waals surface area contributed by atoms with Crippen LogP contribution in [0.25, 0.3) is 0 Å². The summed E-state index contributed by atoms with van der Waals surface area (Å²) >= 11 is 0. The molecule has 0 aliphatic carbocycles. The molecule has 1 aromatic carbocycles. The van der Waals surface area contributed by atoms with E-state index >= 15 is 0 Å². The third-order valence-electron chi connectivity index (χ3n) is 4.33. The second-order valence-electron chi connectivity index (χ2n) is 5.89. The maximum absolute atomic E-state index is 14.0. The lowest BCUT2D eigenvalue weighted by molar-refractivity contribution is -0.151. The molecule has 0 bridgehead atoms. The predicted molar refractivity (Wildman–Crippen MR) is 76.0 cm³/mol. The summed E-state index contributed by atoms with van der Waals surface area (Å²) in [5.41, 5.74) is -0.0543. The van der Waals surface area contributed by atoms with Crippen molar-refractivity contribution in [3.63, 3.8) is 0 Å². The van der Waals surface area contributed by atoms with Crippen LogP contribution < -0.4 is 0 Å². The van der Waals surface area contributed by atoms with Crippen LogP contribution in [0.15, 0.2) is 24.3 Å². The van der Waals surface area contributed by atoms with Gasteiger partial charge in [-0.1, -0.05) is 25.1 Å². The molecule has 110 valence electrons. The Morgan fingerprint density at radius 3 is 2.80 bits per heavy atom. The summed E-state index contributed by atoms with van der Waals surface area (Å²) in [5.74, 6) is -0.965. The van der Waals surface area contributed by atoms with Crippen molar-refractivity contribution in [3.05, 3.63) is 35.6 Å². The van der Waals surface area contributed by atoms with Crippen LogP contribution >= 0.6 is 0 Å². The van der Waals surface area contributed by atoms with Crippen LogP contribution in [-0.4, -0.2) is 29.1 Å². The largest absolute Gasteiger partial charge is 0.481 e. The second kappa shape index (κ2) is 5.92. The standard InChI is InChI=1S/C16H22FNO2/c1-3-14(12-7-4-5-8-13(12)17)18-10-6-9-16(2,11-18)15(19)20/h4-5,7-8,14H,3,6,9-11H2,1-2H3,(H,19,20).